The van der Waals surface area contributed by atoms with Crippen molar-refractivity contribution in [3.8, 4) is 17.3 Å². The van der Waals surface area contributed by atoms with Crippen molar-refractivity contribution in [2.75, 3.05) is 26.8 Å². The van der Waals surface area contributed by atoms with E-state index >= 15 is 0 Å². The molecule has 0 saturated heterocycles. The molecule has 1 unspecified atom stereocenters. The van der Waals surface area contributed by atoms with Crippen LogP contribution in [0, 0.1) is 6.92 Å². The van der Waals surface area contributed by atoms with Gasteiger partial charge in [-0.05, 0) is 44.2 Å². The van der Waals surface area contributed by atoms with E-state index in [1.165, 1.54) is 0 Å². The molecule has 1 N–H and O–H groups in total. The number of aryl methyl sites for hydroxylation is 1. The van der Waals surface area contributed by atoms with Crippen LogP contribution in [0.3, 0.4) is 0 Å². The SMILES string of the molecule is CCCN(Cc1c(C)nn(-c2ccccc2)c1Oc1ccccc1)CC(O)COC. The monoisotopic (exact) mass is 409 g/mol. The Morgan fingerprint density at radius 1 is 1.07 bits per heavy atom. The molecule has 6 nitrogen and oxygen atoms in total. The maximum absolute atomic E-state index is 10.3. The summed E-state index contributed by atoms with van der Waals surface area (Å²) in [4.78, 5) is 2.22. The first-order valence-electron chi connectivity index (χ1n) is 10.4. The summed E-state index contributed by atoms with van der Waals surface area (Å²) >= 11 is 0. The fourth-order valence-corrected chi connectivity index (χ4v) is 3.49. The Hall–Kier alpha value is -2.67. The molecule has 0 aliphatic rings. The first kappa shape index (κ1) is 22.0. The molecule has 0 bridgehead atoms. The summed E-state index contributed by atoms with van der Waals surface area (Å²) in [6.45, 7) is 6.48. The van der Waals surface area contributed by atoms with Crippen molar-refractivity contribution < 1.29 is 14.6 Å². The Balaban J connectivity index is 1.96. The van der Waals surface area contributed by atoms with Gasteiger partial charge >= 0.3 is 0 Å². The van der Waals surface area contributed by atoms with Crippen LogP contribution in [-0.2, 0) is 11.3 Å². The minimum Gasteiger partial charge on any atom is -0.439 e. The number of hydrogen-bond acceptors (Lipinski definition) is 5. The minimum atomic E-state index is -0.537. The molecule has 1 aromatic heterocycles. The highest BCUT2D eigenvalue weighted by molar-refractivity contribution is 5.43. The van der Waals surface area contributed by atoms with Gasteiger partial charge in [0.15, 0.2) is 0 Å². The topological polar surface area (TPSA) is 59.8 Å². The van der Waals surface area contributed by atoms with Crippen LogP contribution in [0.2, 0.25) is 0 Å². The molecule has 160 valence electrons. The van der Waals surface area contributed by atoms with Crippen molar-refractivity contribution in [2.45, 2.75) is 32.9 Å². The van der Waals surface area contributed by atoms with Gasteiger partial charge in [-0.25, -0.2) is 4.68 Å². The third-order valence-electron chi connectivity index (χ3n) is 4.85. The van der Waals surface area contributed by atoms with E-state index in [9.17, 15) is 5.11 Å². The van der Waals surface area contributed by atoms with E-state index in [-0.39, 0.29) is 0 Å². The van der Waals surface area contributed by atoms with Crippen LogP contribution in [0.25, 0.3) is 5.69 Å². The fourth-order valence-electron chi connectivity index (χ4n) is 3.49. The Morgan fingerprint density at radius 2 is 1.73 bits per heavy atom. The largest absolute Gasteiger partial charge is 0.439 e. The first-order chi connectivity index (χ1) is 14.6. The number of rotatable bonds is 11. The zero-order valence-electron chi connectivity index (χ0n) is 18.0. The Morgan fingerprint density at radius 3 is 2.37 bits per heavy atom. The van der Waals surface area contributed by atoms with Gasteiger partial charge in [0.2, 0.25) is 5.88 Å². The second-order valence-corrected chi connectivity index (χ2v) is 7.38. The lowest BCUT2D eigenvalue weighted by Gasteiger charge is -2.24. The summed E-state index contributed by atoms with van der Waals surface area (Å²) in [6, 6.07) is 19.7. The van der Waals surface area contributed by atoms with E-state index < -0.39 is 6.10 Å². The maximum Gasteiger partial charge on any atom is 0.227 e. The number of aliphatic hydroxyl groups excluding tert-OH is 1. The van der Waals surface area contributed by atoms with Gasteiger partial charge in [0.1, 0.15) is 5.75 Å². The molecular weight excluding hydrogens is 378 g/mol. The number of para-hydroxylation sites is 2. The predicted molar refractivity (Wildman–Crippen MR) is 118 cm³/mol. The first-order valence-corrected chi connectivity index (χ1v) is 10.4. The van der Waals surface area contributed by atoms with Crippen molar-refractivity contribution in [2.24, 2.45) is 0 Å². The third-order valence-corrected chi connectivity index (χ3v) is 4.85. The molecule has 0 aliphatic carbocycles. The summed E-state index contributed by atoms with van der Waals surface area (Å²) in [5.74, 6) is 1.46. The average Bonchev–Trinajstić information content (AvgIpc) is 3.05. The van der Waals surface area contributed by atoms with Gasteiger partial charge in [0, 0.05) is 20.2 Å². The molecule has 1 heterocycles. The number of hydrogen-bond donors (Lipinski definition) is 1. The Kier molecular flexibility index (Phi) is 8.02. The maximum atomic E-state index is 10.3. The van der Waals surface area contributed by atoms with Gasteiger partial charge in [-0.1, -0.05) is 43.3 Å². The number of benzene rings is 2. The molecule has 0 radical (unpaired) electrons. The lowest BCUT2D eigenvalue weighted by atomic mass is 10.2. The molecule has 2 aromatic carbocycles. The molecule has 3 aromatic rings. The van der Waals surface area contributed by atoms with Gasteiger partial charge in [0.25, 0.3) is 0 Å². The van der Waals surface area contributed by atoms with Gasteiger partial charge in [-0.2, -0.15) is 5.10 Å². The van der Waals surface area contributed by atoms with E-state index in [0.717, 1.165) is 35.7 Å². The van der Waals surface area contributed by atoms with Crippen molar-refractivity contribution in [3.05, 3.63) is 71.9 Å². The van der Waals surface area contributed by atoms with Crippen LogP contribution in [0.4, 0.5) is 0 Å². The molecule has 6 heteroatoms. The second kappa shape index (κ2) is 10.9. The predicted octanol–water partition coefficient (Wildman–Crippen LogP) is 4.19. The zero-order valence-corrected chi connectivity index (χ0v) is 18.0. The third kappa shape index (κ3) is 5.69. The van der Waals surface area contributed by atoms with Crippen molar-refractivity contribution in [3.63, 3.8) is 0 Å². The van der Waals surface area contributed by atoms with E-state index in [2.05, 4.69) is 11.8 Å². The summed E-state index contributed by atoms with van der Waals surface area (Å²) in [5, 5.41) is 15.0. The highest BCUT2D eigenvalue weighted by Gasteiger charge is 2.22. The van der Waals surface area contributed by atoms with Crippen LogP contribution in [0.15, 0.2) is 60.7 Å². The molecule has 0 saturated carbocycles. The Bertz CT molecular complexity index is 897. The number of aromatic nitrogens is 2. The molecule has 0 amide bonds. The van der Waals surface area contributed by atoms with Crippen molar-refractivity contribution >= 4 is 0 Å². The highest BCUT2D eigenvalue weighted by atomic mass is 16.5. The summed E-state index contributed by atoms with van der Waals surface area (Å²) in [5.41, 5.74) is 2.87. The van der Waals surface area contributed by atoms with Crippen LogP contribution < -0.4 is 4.74 Å². The van der Waals surface area contributed by atoms with E-state index in [4.69, 9.17) is 14.6 Å². The Labute approximate surface area is 178 Å². The second-order valence-electron chi connectivity index (χ2n) is 7.38. The number of nitrogens with zero attached hydrogens (tertiary/aromatic N) is 3. The lowest BCUT2D eigenvalue weighted by Crippen LogP contribution is -2.35. The normalized spacial score (nSPS) is 12.3. The highest BCUT2D eigenvalue weighted by Crippen LogP contribution is 2.31. The van der Waals surface area contributed by atoms with Gasteiger partial charge in [-0.3, -0.25) is 4.90 Å². The quantitative estimate of drug-likeness (QED) is 0.515. The minimum absolute atomic E-state index is 0.315. The standard InChI is InChI=1S/C24H31N3O3/c1-4-15-26(16-21(28)18-29-3)17-23-19(2)25-27(20-11-7-5-8-12-20)24(23)30-22-13-9-6-10-14-22/h5-14,21,28H,4,15-18H2,1-3H3. The fraction of sp³-hybridized carbons (Fsp3) is 0.375. The van der Waals surface area contributed by atoms with E-state index in [1.807, 2.05) is 72.3 Å². The lowest BCUT2D eigenvalue weighted by molar-refractivity contribution is 0.0356. The van der Waals surface area contributed by atoms with Crippen molar-refractivity contribution in [1.29, 1.82) is 0 Å². The molecule has 30 heavy (non-hydrogen) atoms. The summed E-state index contributed by atoms with van der Waals surface area (Å²) in [7, 11) is 1.60. The summed E-state index contributed by atoms with van der Waals surface area (Å²) in [6.07, 6.45) is 0.449. The van der Waals surface area contributed by atoms with Crippen LogP contribution in [-0.4, -0.2) is 52.7 Å². The molecular formula is C24H31N3O3. The molecule has 0 spiro atoms. The van der Waals surface area contributed by atoms with E-state index in [0.29, 0.717) is 25.6 Å². The van der Waals surface area contributed by atoms with Gasteiger partial charge in [0.05, 0.1) is 29.7 Å². The summed E-state index contributed by atoms with van der Waals surface area (Å²) < 4.78 is 13.3. The average molecular weight is 410 g/mol. The zero-order chi connectivity index (χ0) is 21.3. The number of ether oxygens (including phenoxy) is 2. The molecule has 0 aliphatic heterocycles. The van der Waals surface area contributed by atoms with Crippen molar-refractivity contribution in [1.82, 2.24) is 14.7 Å². The molecule has 1 atom stereocenters. The molecule has 0 fully saturated rings. The number of aliphatic hydroxyl groups is 1. The smallest absolute Gasteiger partial charge is 0.227 e. The van der Waals surface area contributed by atoms with Crippen LogP contribution in [0.5, 0.6) is 11.6 Å². The molecule has 3 rings (SSSR count). The van der Waals surface area contributed by atoms with Crippen LogP contribution in [0.1, 0.15) is 24.6 Å². The van der Waals surface area contributed by atoms with Crippen LogP contribution >= 0.6 is 0 Å². The number of methoxy groups -OCH3 is 1. The van der Waals surface area contributed by atoms with Gasteiger partial charge in [-0.15, -0.1) is 0 Å². The van der Waals surface area contributed by atoms with Gasteiger partial charge < -0.3 is 14.6 Å². The van der Waals surface area contributed by atoms with E-state index in [1.54, 1.807) is 7.11 Å².